The molecule has 11 heavy (non-hydrogen) atoms. The van der Waals surface area contributed by atoms with Crippen LogP contribution in [0, 0.1) is 0 Å². The van der Waals surface area contributed by atoms with Crippen LogP contribution in [-0.2, 0) is 0 Å². The van der Waals surface area contributed by atoms with E-state index in [1.807, 2.05) is 0 Å². The smallest absolute Gasteiger partial charge is 0.201 e. The maximum atomic E-state index is 5.54. The van der Waals surface area contributed by atoms with Crippen molar-refractivity contribution >= 4 is 68.4 Å². The van der Waals surface area contributed by atoms with Gasteiger partial charge in [0.1, 0.15) is 1.93 Å². The second-order valence-corrected chi connectivity index (χ2v) is 7.08. The van der Waals surface area contributed by atoms with E-state index in [-0.39, 0.29) is 12.5 Å². The molecule has 0 fully saturated rings. The summed E-state index contributed by atoms with van der Waals surface area (Å²) in [7, 11) is 0. The molecule has 7 heteroatoms. The van der Waals surface area contributed by atoms with Crippen molar-refractivity contribution in [1.29, 1.82) is 0 Å². The topological polar surface area (TPSA) is 38.7 Å². The number of nitrogens with zero attached hydrogens (tertiary/aromatic N) is 3. The Morgan fingerprint density at radius 2 is 1.45 bits per heavy atom. The number of hydrogen-bond acceptors (Lipinski definition) is 3. The molecule has 0 atom stereocenters. The first-order chi connectivity index (χ1) is 5.09. The second-order valence-electron chi connectivity index (χ2n) is 1.53. The van der Waals surface area contributed by atoms with E-state index in [1.54, 1.807) is 0 Å². The zero-order valence-corrected chi connectivity index (χ0v) is 10.8. The van der Waals surface area contributed by atoms with Gasteiger partial charge in [-0.25, -0.2) is 9.97 Å². The summed E-state index contributed by atoms with van der Waals surface area (Å²) in [6.07, 6.45) is 0. The van der Waals surface area contributed by atoms with Crippen LogP contribution in [0.15, 0.2) is 0 Å². The summed E-state index contributed by atoms with van der Waals surface area (Å²) in [5, 5.41) is 0.275. The third-order valence-corrected chi connectivity index (χ3v) is 2.25. The van der Waals surface area contributed by atoms with Crippen molar-refractivity contribution in [3.63, 3.8) is 0 Å². The van der Waals surface area contributed by atoms with Crippen molar-refractivity contribution < 1.29 is 0 Å². The quantitative estimate of drug-likeness (QED) is 0.523. The Bertz CT molecular complexity index is 247. The van der Waals surface area contributed by atoms with Gasteiger partial charge in [0.05, 0.1) is 0 Å². The predicted molar refractivity (Wildman–Crippen MR) is 60.6 cm³/mol. The monoisotopic (exact) mass is 415 g/mol. The Balaban J connectivity index is 3.08. The van der Waals surface area contributed by atoms with E-state index in [4.69, 9.17) is 23.2 Å². The van der Waals surface area contributed by atoms with E-state index in [9.17, 15) is 0 Å². The minimum Gasteiger partial charge on any atom is -0.201 e. The summed E-state index contributed by atoms with van der Waals surface area (Å²) in [5.74, 6) is 0.594. The number of hydrogen-bond donors (Lipinski definition) is 0. The summed E-state index contributed by atoms with van der Waals surface area (Å²) in [5.41, 5.74) is 0. The fraction of sp³-hybridized carbons (Fsp3) is 0.250. The SMILES string of the molecule is Clc1nc(Cl)nc(C(I)I)n1. The Hall–Kier alpha value is 1.05. The van der Waals surface area contributed by atoms with Crippen molar-refractivity contribution in [2.75, 3.05) is 0 Å². The summed E-state index contributed by atoms with van der Waals surface area (Å²) in [4.78, 5) is 11.4. The van der Waals surface area contributed by atoms with E-state index in [1.165, 1.54) is 0 Å². The van der Waals surface area contributed by atoms with Crippen LogP contribution in [0.3, 0.4) is 0 Å². The lowest BCUT2D eigenvalue weighted by atomic mass is 10.7. The van der Waals surface area contributed by atoms with Gasteiger partial charge in [-0.05, 0) is 23.2 Å². The first-order valence-corrected chi connectivity index (χ1v) is 5.69. The minimum atomic E-state index is 0.137. The average Bonchev–Trinajstić information content (AvgIpc) is 1.85. The normalized spacial score (nSPS) is 10.6. The van der Waals surface area contributed by atoms with Gasteiger partial charge in [-0.3, -0.25) is 0 Å². The lowest BCUT2D eigenvalue weighted by molar-refractivity contribution is 0.973. The van der Waals surface area contributed by atoms with Crippen molar-refractivity contribution in [3.05, 3.63) is 16.4 Å². The van der Waals surface area contributed by atoms with Crippen LogP contribution >= 0.6 is 68.4 Å². The van der Waals surface area contributed by atoms with Gasteiger partial charge in [-0.2, -0.15) is 4.98 Å². The molecular formula is C4HCl2I2N3. The standard InChI is InChI=1S/C4HCl2I2N3/c5-3-9-2(1(7)8)10-4(6)11-3/h1H. The van der Waals surface area contributed by atoms with Crippen LogP contribution in [0.5, 0.6) is 0 Å². The molecule has 0 N–H and O–H groups in total. The summed E-state index contributed by atoms with van der Waals surface area (Å²) in [6.45, 7) is 0. The molecule has 0 radical (unpaired) electrons. The van der Waals surface area contributed by atoms with Crippen molar-refractivity contribution in [2.45, 2.75) is 1.93 Å². The summed E-state index contributed by atoms with van der Waals surface area (Å²) >= 11 is 15.4. The number of halogens is 4. The summed E-state index contributed by atoms with van der Waals surface area (Å²) in [6, 6.07) is 0. The average molecular weight is 416 g/mol. The first kappa shape index (κ1) is 10.1. The number of alkyl halides is 2. The summed E-state index contributed by atoms with van der Waals surface area (Å²) < 4.78 is 0.156. The van der Waals surface area contributed by atoms with Crippen LogP contribution in [0.2, 0.25) is 10.6 Å². The third kappa shape index (κ3) is 3.11. The van der Waals surface area contributed by atoms with Gasteiger partial charge in [0.2, 0.25) is 10.6 Å². The highest BCUT2D eigenvalue weighted by Crippen LogP contribution is 2.28. The molecule has 0 saturated carbocycles. The molecule has 0 bridgehead atoms. The van der Waals surface area contributed by atoms with E-state index >= 15 is 0 Å². The molecule has 1 aromatic heterocycles. The van der Waals surface area contributed by atoms with Gasteiger partial charge in [0, 0.05) is 0 Å². The highest BCUT2D eigenvalue weighted by Gasteiger charge is 2.08. The van der Waals surface area contributed by atoms with Crippen LogP contribution in [0.25, 0.3) is 0 Å². The molecule has 0 spiro atoms. The lowest BCUT2D eigenvalue weighted by Crippen LogP contribution is -1.96. The highest BCUT2D eigenvalue weighted by atomic mass is 127. The molecule has 0 aliphatic rings. The number of aromatic nitrogens is 3. The van der Waals surface area contributed by atoms with Crippen LogP contribution in [-0.4, -0.2) is 15.0 Å². The van der Waals surface area contributed by atoms with E-state index < -0.39 is 0 Å². The van der Waals surface area contributed by atoms with Gasteiger partial charge >= 0.3 is 0 Å². The Morgan fingerprint density at radius 1 is 1.00 bits per heavy atom. The zero-order valence-electron chi connectivity index (χ0n) is 4.93. The molecule has 0 aliphatic carbocycles. The maximum Gasteiger partial charge on any atom is 0.226 e. The highest BCUT2D eigenvalue weighted by molar-refractivity contribution is 14.2. The van der Waals surface area contributed by atoms with E-state index in [2.05, 4.69) is 60.1 Å². The Labute approximate surface area is 101 Å². The Morgan fingerprint density at radius 3 is 1.82 bits per heavy atom. The van der Waals surface area contributed by atoms with E-state index in [0.29, 0.717) is 5.82 Å². The predicted octanol–water partition coefficient (Wildman–Crippen LogP) is 3.05. The number of rotatable bonds is 1. The fourth-order valence-corrected chi connectivity index (χ4v) is 1.37. The molecule has 3 nitrogen and oxygen atoms in total. The second kappa shape index (κ2) is 4.33. The van der Waals surface area contributed by atoms with Crippen molar-refractivity contribution in [1.82, 2.24) is 15.0 Å². The molecule has 0 aromatic carbocycles. The molecule has 1 heterocycles. The van der Waals surface area contributed by atoms with Crippen molar-refractivity contribution in [3.8, 4) is 0 Å². The van der Waals surface area contributed by atoms with Gasteiger partial charge in [0.15, 0.2) is 5.82 Å². The lowest BCUT2D eigenvalue weighted by Gasteiger charge is -1.99. The molecule has 0 amide bonds. The molecular weight excluding hydrogens is 415 g/mol. The molecule has 1 aromatic rings. The van der Waals surface area contributed by atoms with Crippen LogP contribution in [0.4, 0.5) is 0 Å². The Kier molecular flexibility index (Phi) is 3.99. The molecule has 0 aliphatic heterocycles. The third-order valence-electron chi connectivity index (χ3n) is 0.793. The zero-order chi connectivity index (χ0) is 8.43. The molecule has 1 rings (SSSR count). The van der Waals surface area contributed by atoms with Crippen LogP contribution in [0.1, 0.15) is 7.76 Å². The van der Waals surface area contributed by atoms with Crippen LogP contribution < -0.4 is 0 Å². The molecule has 0 unspecified atom stereocenters. The largest absolute Gasteiger partial charge is 0.226 e. The fourth-order valence-electron chi connectivity index (χ4n) is 0.438. The van der Waals surface area contributed by atoms with Gasteiger partial charge < -0.3 is 0 Å². The van der Waals surface area contributed by atoms with Gasteiger partial charge in [0.25, 0.3) is 0 Å². The van der Waals surface area contributed by atoms with Crippen molar-refractivity contribution in [2.24, 2.45) is 0 Å². The van der Waals surface area contributed by atoms with Gasteiger partial charge in [-0.15, -0.1) is 0 Å². The van der Waals surface area contributed by atoms with E-state index in [0.717, 1.165) is 0 Å². The molecule has 60 valence electrons. The minimum absolute atomic E-state index is 0.137. The molecule has 0 saturated heterocycles. The maximum absolute atomic E-state index is 5.54. The first-order valence-electron chi connectivity index (χ1n) is 2.44. The van der Waals surface area contributed by atoms with Gasteiger partial charge in [-0.1, -0.05) is 45.2 Å².